The van der Waals surface area contributed by atoms with E-state index in [4.69, 9.17) is 0 Å². The molecule has 0 N–H and O–H groups in total. The van der Waals surface area contributed by atoms with Crippen LogP contribution in [-0.4, -0.2) is 47.7 Å². The standard InChI is InChI=1S/C22H22F2N4/c1-3-27-13-17-15-5-4-14(23)10-19(15)25-22(17)16-11-18(24)21(12-20(16)27)28-8-6-26(2)7-9-28/h4-5,10-13H,3,6-9H2,1-2H3. The highest BCUT2D eigenvalue weighted by atomic mass is 19.1. The molecule has 2 aromatic rings. The predicted molar refractivity (Wildman–Crippen MR) is 109 cm³/mol. The maximum Gasteiger partial charge on any atom is 0.147 e. The van der Waals surface area contributed by atoms with Gasteiger partial charge < -0.3 is 14.4 Å². The number of benzene rings is 2. The van der Waals surface area contributed by atoms with E-state index in [-0.39, 0.29) is 11.6 Å². The zero-order chi connectivity index (χ0) is 19.4. The van der Waals surface area contributed by atoms with Gasteiger partial charge in [-0.1, -0.05) is 0 Å². The Morgan fingerprint density at radius 3 is 2.54 bits per heavy atom. The predicted octanol–water partition coefficient (Wildman–Crippen LogP) is 4.34. The number of rotatable bonds is 2. The number of aromatic nitrogens is 2. The highest BCUT2D eigenvalue weighted by Crippen LogP contribution is 2.39. The summed E-state index contributed by atoms with van der Waals surface area (Å²) in [6, 6.07) is 8.17. The first-order chi connectivity index (χ1) is 13.5. The van der Waals surface area contributed by atoms with E-state index in [2.05, 4.69) is 39.5 Å². The number of nitrogens with zero attached hydrogens (tertiary/aromatic N) is 4. The van der Waals surface area contributed by atoms with Gasteiger partial charge >= 0.3 is 0 Å². The Balaban J connectivity index is 1.75. The Morgan fingerprint density at radius 2 is 1.79 bits per heavy atom. The van der Waals surface area contributed by atoms with Gasteiger partial charge in [-0.15, -0.1) is 0 Å². The topological polar surface area (TPSA) is 24.3 Å². The fourth-order valence-electron chi connectivity index (χ4n) is 4.22. The van der Waals surface area contributed by atoms with Crippen LogP contribution in [0, 0.1) is 11.6 Å². The molecule has 3 aliphatic heterocycles. The van der Waals surface area contributed by atoms with Crippen molar-refractivity contribution in [2.45, 2.75) is 13.5 Å². The van der Waals surface area contributed by atoms with E-state index in [0.717, 1.165) is 60.3 Å². The fraction of sp³-hybridized carbons (Fsp3) is 0.318. The first kappa shape index (κ1) is 17.4. The summed E-state index contributed by atoms with van der Waals surface area (Å²) in [5, 5.41) is 1.66. The maximum atomic E-state index is 15.1. The molecule has 0 saturated carbocycles. The fourth-order valence-corrected chi connectivity index (χ4v) is 4.22. The lowest BCUT2D eigenvalue weighted by Gasteiger charge is -2.34. The van der Waals surface area contributed by atoms with Crippen LogP contribution in [0.2, 0.25) is 0 Å². The minimum Gasteiger partial charge on any atom is -0.367 e. The van der Waals surface area contributed by atoms with Gasteiger partial charge in [-0.3, -0.25) is 0 Å². The molecular weight excluding hydrogens is 358 g/mol. The third-order valence-electron chi connectivity index (χ3n) is 5.84. The molecule has 0 aliphatic carbocycles. The normalized spacial score (nSPS) is 15.9. The average molecular weight is 380 g/mol. The molecule has 0 aromatic heterocycles. The number of likely N-dealkylation sites (N-methyl/N-ethyl adjacent to an activating group) is 1. The van der Waals surface area contributed by atoms with Crippen molar-refractivity contribution in [2.75, 3.05) is 38.1 Å². The Kier molecular flexibility index (Phi) is 3.98. The van der Waals surface area contributed by atoms with Gasteiger partial charge in [-0.05, 0) is 38.2 Å². The van der Waals surface area contributed by atoms with Gasteiger partial charge in [0.15, 0.2) is 0 Å². The third kappa shape index (κ3) is 2.63. The summed E-state index contributed by atoms with van der Waals surface area (Å²) < 4.78 is 30.9. The zero-order valence-corrected chi connectivity index (χ0v) is 16.0. The molecule has 5 rings (SSSR count). The summed E-state index contributed by atoms with van der Waals surface area (Å²) in [4.78, 5) is 9.00. The second-order valence-corrected chi connectivity index (χ2v) is 7.56. The van der Waals surface area contributed by atoms with Crippen LogP contribution in [0.3, 0.4) is 0 Å². The van der Waals surface area contributed by atoms with Crippen molar-refractivity contribution in [3.05, 3.63) is 48.2 Å². The summed E-state index contributed by atoms with van der Waals surface area (Å²) in [6.45, 7) is 6.30. The van der Waals surface area contributed by atoms with E-state index in [0.29, 0.717) is 11.2 Å². The molecule has 144 valence electrons. The molecule has 3 aliphatic rings. The number of pyridine rings is 1. The molecule has 0 bridgehead atoms. The third-order valence-corrected chi connectivity index (χ3v) is 5.84. The number of aryl methyl sites for hydroxylation is 1. The van der Waals surface area contributed by atoms with Gasteiger partial charge in [-0.25, -0.2) is 13.8 Å². The minimum absolute atomic E-state index is 0.231. The molecule has 1 saturated heterocycles. The van der Waals surface area contributed by atoms with Crippen LogP contribution in [0.4, 0.5) is 14.5 Å². The lowest BCUT2D eigenvalue weighted by Crippen LogP contribution is -2.44. The highest BCUT2D eigenvalue weighted by Gasteiger charge is 2.22. The quantitative estimate of drug-likeness (QED) is 0.517. The van der Waals surface area contributed by atoms with Crippen molar-refractivity contribution in [3.8, 4) is 11.3 Å². The maximum absolute atomic E-state index is 15.1. The molecule has 6 heteroatoms. The average Bonchev–Trinajstić information content (AvgIpc) is 3.05. The summed E-state index contributed by atoms with van der Waals surface area (Å²) in [5.41, 5.74) is 3.85. The largest absolute Gasteiger partial charge is 0.367 e. The Bertz CT molecular complexity index is 1160. The van der Waals surface area contributed by atoms with Crippen molar-refractivity contribution in [1.82, 2.24) is 14.5 Å². The van der Waals surface area contributed by atoms with E-state index in [9.17, 15) is 4.39 Å². The number of piperazine rings is 1. The van der Waals surface area contributed by atoms with Crippen molar-refractivity contribution < 1.29 is 8.78 Å². The number of fused-ring (bicyclic) bond motifs is 5. The van der Waals surface area contributed by atoms with Gasteiger partial charge in [0.25, 0.3) is 0 Å². The molecule has 0 amide bonds. The first-order valence-corrected chi connectivity index (χ1v) is 9.70. The van der Waals surface area contributed by atoms with Gasteiger partial charge in [0.2, 0.25) is 0 Å². The summed E-state index contributed by atoms with van der Waals surface area (Å²) in [7, 11) is 2.09. The van der Waals surface area contributed by atoms with Gasteiger partial charge in [0, 0.05) is 61.3 Å². The van der Waals surface area contributed by atoms with Crippen LogP contribution in [0.25, 0.3) is 33.1 Å². The lowest BCUT2D eigenvalue weighted by molar-refractivity contribution is 0.312. The van der Waals surface area contributed by atoms with Crippen LogP contribution in [0.5, 0.6) is 0 Å². The van der Waals surface area contributed by atoms with Crippen LogP contribution >= 0.6 is 0 Å². The van der Waals surface area contributed by atoms with Gasteiger partial charge in [-0.2, -0.15) is 0 Å². The van der Waals surface area contributed by atoms with E-state index in [1.54, 1.807) is 12.1 Å². The molecule has 2 aromatic carbocycles. The Morgan fingerprint density at radius 1 is 1.00 bits per heavy atom. The molecule has 28 heavy (non-hydrogen) atoms. The molecule has 4 nitrogen and oxygen atoms in total. The summed E-state index contributed by atoms with van der Waals surface area (Å²) in [5.74, 6) is -0.544. The van der Waals surface area contributed by atoms with Crippen LogP contribution in [0.1, 0.15) is 6.92 Å². The zero-order valence-electron chi connectivity index (χ0n) is 16.0. The van der Waals surface area contributed by atoms with Gasteiger partial charge in [0.05, 0.1) is 22.4 Å². The van der Waals surface area contributed by atoms with E-state index in [1.165, 1.54) is 12.1 Å². The second-order valence-electron chi connectivity index (χ2n) is 7.56. The van der Waals surface area contributed by atoms with Crippen LogP contribution in [-0.2, 0) is 6.54 Å². The second kappa shape index (κ2) is 6.41. The minimum atomic E-state index is -0.313. The number of hydrogen-bond donors (Lipinski definition) is 0. The Labute approximate surface area is 162 Å². The van der Waals surface area contributed by atoms with Crippen molar-refractivity contribution in [1.29, 1.82) is 0 Å². The molecule has 0 radical (unpaired) electrons. The molecule has 0 spiro atoms. The SMILES string of the molecule is CCn1cc2c3ccc(F)cc3nc-2c2cc(F)c(N3CCN(C)CC3)cc21. The molecule has 0 atom stereocenters. The Hall–Kier alpha value is -2.73. The summed E-state index contributed by atoms with van der Waals surface area (Å²) in [6.07, 6.45) is 2.05. The molecule has 0 unspecified atom stereocenters. The van der Waals surface area contributed by atoms with E-state index < -0.39 is 0 Å². The smallest absolute Gasteiger partial charge is 0.147 e. The van der Waals surface area contributed by atoms with Crippen LogP contribution in [0.15, 0.2) is 36.5 Å². The van der Waals surface area contributed by atoms with Crippen molar-refractivity contribution in [2.24, 2.45) is 0 Å². The monoisotopic (exact) mass is 380 g/mol. The number of hydrogen-bond acceptors (Lipinski definition) is 3. The first-order valence-electron chi connectivity index (χ1n) is 9.70. The summed E-state index contributed by atoms with van der Waals surface area (Å²) >= 11 is 0. The van der Waals surface area contributed by atoms with Crippen molar-refractivity contribution in [3.63, 3.8) is 0 Å². The van der Waals surface area contributed by atoms with E-state index >= 15 is 4.39 Å². The van der Waals surface area contributed by atoms with E-state index in [1.807, 2.05) is 6.07 Å². The van der Waals surface area contributed by atoms with Gasteiger partial charge in [0.1, 0.15) is 11.6 Å². The number of anilines is 1. The van der Waals surface area contributed by atoms with Crippen LogP contribution < -0.4 is 4.90 Å². The highest BCUT2D eigenvalue weighted by molar-refractivity contribution is 6.06. The number of halogens is 2. The molecule has 1 fully saturated rings. The van der Waals surface area contributed by atoms with Crippen molar-refractivity contribution >= 4 is 27.5 Å². The molecule has 3 heterocycles. The lowest BCUT2D eigenvalue weighted by atomic mass is 10.0. The molecular formula is C22H22F2N4.